The Morgan fingerprint density at radius 1 is 0.917 bits per heavy atom. The molecule has 6 heteroatoms. The molecule has 0 atom stereocenters. The van der Waals surface area contributed by atoms with Crippen LogP contribution < -0.4 is 4.90 Å². The van der Waals surface area contributed by atoms with E-state index in [2.05, 4.69) is 34.1 Å². The van der Waals surface area contributed by atoms with Gasteiger partial charge in [-0.15, -0.1) is 0 Å². The van der Waals surface area contributed by atoms with E-state index in [0.29, 0.717) is 0 Å². The van der Waals surface area contributed by atoms with Crippen LogP contribution in [0.1, 0.15) is 12.8 Å². The van der Waals surface area contributed by atoms with Crippen molar-refractivity contribution in [3.63, 3.8) is 0 Å². The van der Waals surface area contributed by atoms with Gasteiger partial charge in [-0.1, -0.05) is 41.7 Å². The van der Waals surface area contributed by atoms with E-state index in [1.165, 1.54) is 10.4 Å². The first-order valence-corrected chi connectivity index (χ1v) is 9.43. The third-order valence-corrected chi connectivity index (χ3v) is 5.86. The molecule has 4 rings (SSSR count). The summed E-state index contributed by atoms with van der Waals surface area (Å²) in [5, 5.41) is 1.06. The van der Waals surface area contributed by atoms with E-state index in [1.807, 2.05) is 22.1 Å². The summed E-state index contributed by atoms with van der Waals surface area (Å²) in [6, 6.07) is 10.6. The first-order chi connectivity index (χ1) is 11.8. The number of rotatable bonds is 2. The number of benzene rings is 1. The topological polar surface area (TPSA) is 39.7 Å². The van der Waals surface area contributed by atoms with E-state index in [-0.39, 0.29) is 6.03 Å². The summed E-state index contributed by atoms with van der Waals surface area (Å²) in [6.07, 6.45) is 4.25. The average molecular weight is 342 g/mol. The Hall–Kier alpha value is -2.08. The van der Waals surface area contributed by atoms with Gasteiger partial charge in [-0.05, 0) is 18.4 Å². The normalized spacial score (nSPS) is 18.2. The molecule has 1 aromatic carbocycles. The molecule has 0 unspecified atom stereocenters. The zero-order valence-electron chi connectivity index (χ0n) is 13.7. The van der Waals surface area contributed by atoms with Crippen LogP contribution in [0, 0.1) is 0 Å². The van der Waals surface area contributed by atoms with Gasteiger partial charge in [0.25, 0.3) is 0 Å². The lowest BCUT2D eigenvalue weighted by atomic mass is 10.2. The van der Waals surface area contributed by atoms with E-state index in [9.17, 15) is 4.79 Å². The third kappa shape index (κ3) is 3.11. The number of carbonyl (C=O) groups is 1. The van der Waals surface area contributed by atoms with Crippen molar-refractivity contribution in [2.24, 2.45) is 0 Å². The molecule has 0 saturated carbocycles. The van der Waals surface area contributed by atoms with Gasteiger partial charge < -0.3 is 14.7 Å². The van der Waals surface area contributed by atoms with Crippen molar-refractivity contribution in [2.75, 3.05) is 44.2 Å². The number of anilines is 1. The summed E-state index contributed by atoms with van der Waals surface area (Å²) >= 11 is 1.73. The molecule has 0 spiro atoms. The van der Waals surface area contributed by atoms with E-state index < -0.39 is 0 Å². The van der Waals surface area contributed by atoms with E-state index >= 15 is 0 Å². The Balaban J connectivity index is 1.38. The van der Waals surface area contributed by atoms with Gasteiger partial charge in [-0.25, -0.2) is 9.78 Å². The number of likely N-dealkylation sites (tertiary alicyclic amines) is 1. The Morgan fingerprint density at radius 3 is 2.29 bits per heavy atom. The quantitative estimate of drug-likeness (QED) is 0.842. The number of piperazine rings is 1. The Bertz CT molecular complexity index is 688. The highest BCUT2D eigenvalue weighted by Crippen LogP contribution is 2.31. The summed E-state index contributed by atoms with van der Waals surface area (Å²) in [6.45, 7) is 5.14. The van der Waals surface area contributed by atoms with Crippen LogP contribution in [0.5, 0.6) is 0 Å². The van der Waals surface area contributed by atoms with Crippen molar-refractivity contribution in [1.29, 1.82) is 0 Å². The van der Waals surface area contributed by atoms with Crippen molar-refractivity contribution in [2.45, 2.75) is 12.8 Å². The molecule has 0 N–H and O–H groups in total. The molecule has 0 radical (unpaired) electrons. The van der Waals surface area contributed by atoms with Crippen LogP contribution in [0.2, 0.25) is 0 Å². The highest BCUT2D eigenvalue weighted by molar-refractivity contribution is 7.18. The minimum Gasteiger partial charge on any atom is -0.345 e. The van der Waals surface area contributed by atoms with Crippen LogP contribution in [0.15, 0.2) is 36.5 Å². The Kier molecular flexibility index (Phi) is 4.38. The molecule has 2 fully saturated rings. The first-order valence-electron chi connectivity index (χ1n) is 8.61. The van der Waals surface area contributed by atoms with Crippen molar-refractivity contribution in [1.82, 2.24) is 14.8 Å². The molecule has 0 bridgehead atoms. The number of hydrogen-bond acceptors (Lipinski definition) is 4. The molecule has 2 amide bonds. The van der Waals surface area contributed by atoms with Crippen LogP contribution in [-0.2, 0) is 0 Å². The van der Waals surface area contributed by atoms with Gasteiger partial charge >= 0.3 is 6.03 Å². The first kappa shape index (κ1) is 15.4. The smallest absolute Gasteiger partial charge is 0.320 e. The lowest BCUT2D eigenvalue weighted by Crippen LogP contribution is -2.52. The molecule has 24 heavy (non-hydrogen) atoms. The van der Waals surface area contributed by atoms with E-state index in [4.69, 9.17) is 0 Å². The largest absolute Gasteiger partial charge is 0.345 e. The fourth-order valence-corrected chi connectivity index (χ4v) is 4.32. The minimum atomic E-state index is 0.219. The number of carbonyl (C=O) groups excluding carboxylic acids is 1. The summed E-state index contributed by atoms with van der Waals surface area (Å²) in [7, 11) is 0. The van der Waals surface area contributed by atoms with Crippen LogP contribution in [0.25, 0.3) is 10.4 Å². The molecule has 3 heterocycles. The van der Waals surface area contributed by atoms with Crippen molar-refractivity contribution in [3.05, 3.63) is 36.5 Å². The van der Waals surface area contributed by atoms with Gasteiger partial charge in [-0.3, -0.25) is 0 Å². The van der Waals surface area contributed by atoms with E-state index in [0.717, 1.165) is 57.2 Å². The van der Waals surface area contributed by atoms with Crippen molar-refractivity contribution >= 4 is 22.5 Å². The van der Waals surface area contributed by atoms with Gasteiger partial charge in [0.2, 0.25) is 0 Å². The summed E-state index contributed by atoms with van der Waals surface area (Å²) in [4.78, 5) is 24.5. The predicted octanol–water partition coefficient (Wildman–Crippen LogP) is 3.15. The average Bonchev–Trinajstić information content (AvgIpc) is 3.34. The SMILES string of the molecule is O=C(N1CCCC1)N1CCN(c2ncc(-c3ccccc3)s2)CC1. The lowest BCUT2D eigenvalue weighted by molar-refractivity contribution is 0.159. The molecule has 0 aliphatic carbocycles. The second kappa shape index (κ2) is 6.81. The second-order valence-electron chi connectivity index (χ2n) is 6.32. The standard InChI is InChI=1S/C18H22N4OS/c23-18(21-8-4-5-9-21)22-12-10-20(11-13-22)17-19-14-16(24-17)15-6-2-1-3-7-15/h1-3,6-7,14H,4-5,8-13H2. The minimum absolute atomic E-state index is 0.219. The predicted molar refractivity (Wildman–Crippen MR) is 97.5 cm³/mol. The summed E-state index contributed by atoms with van der Waals surface area (Å²) in [5.74, 6) is 0. The van der Waals surface area contributed by atoms with Gasteiger partial charge in [-0.2, -0.15) is 0 Å². The number of urea groups is 1. The van der Waals surface area contributed by atoms with Crippen LogP contribution in [-0.4, -0.2) is 60.1 Å². The second-order valence-corrected chi connectivity index (χ2v) is 7.33. The Labute approximate surface area is 146 Å². The highest BCUT2D eigenvalue weighted by atomic mass is 32.1. The maximum Gasteiger partial charge on any atom is 0.320 e. The highest BCUT2D eigenvalue weighted by Gasteiger charge is 2.27. The zero-order valence-corrected chi connectivity index (χ0v) is 14.5. The molecule has 2 aromatic rings. The summed E-state index contributed by atoms with van der Waals surface area (Å²) < 4.78 is 0. The van der Waals surface area contributed by atoms with Crippen LogP contribution in [0.3, 0.4) is 0 Å². The van der Waals surface area contributed by atoms with Crippen molar-refractivity contribution < 1.29 is 4.79 Å². The molecule has 2 aliphatic heterocycles. The maximum absolute atomic E-state index is 12.5. The number of aromatic nitrogens is 1. The maximum atomic E-state index is 12.5. The number of amides is 2. The number of nitrogens with zero attached hydrogens (tertiary/aromatic N) is 4. The Morgan fingerprint density at radius 2 is 1.58 bits per heavy atom. The number of thiazole rings is 1. The fourth-order valence-electron chi connectivity index (χ4n) is 3.34. The molecular weight excluding hydrogens is 320 g/mol. The third-order valence-electron chi connectivity index (χ3n) is 4.75. The van der Waals surface area contributed by atoms with Gasteiger partial charge in [0.15, 0.2) is 5.13 Å². The van der Waals surface area contributed by atoms with Gasteiger partial charge in [0.1, 0.15) is 0 Å². The fraction of sp³-hybridized carbons (Fsp3) is 0.444. The molecule has 5 nitrogen and oxygen atoms in total. The van der Waals surface area contributed by atoms with Gasteiger partial charge in [0, 0.05) is 45.5 Å². The lowest BCUT2D eigenvalue weighted by Gasteiger charge is -2.36. The summed E-state index contributed by atoms with van der Waals surface area (Å²) in [5.41, 5.74) is 1.21. The van der Waals surface area contributed by atoms with Crippen LogP contribution >= 0.6 is 11.3 Å². The molecule has 2 saturated heterocycles. The molecule has 126 valence electrons. The molecule has 2 aliphatic rings. The molecule has 1 aromatic heterocycles. The molecular formula is C18H22N4OS. The van der Waals surface area contributed by atoms with Gasteiger partial charge in [0.05, 0.1) is 4.88 Å². The number of hydrogen-bond donors (Lipinski definition) is 0. The van der Waals surface area contributed by atoms with E-state index in [1.54, 1.807) is 11.3 Å². The van der Waals surface area contributed by atoms with Crippen LogP contribution in [0.4, 0.5) is 9.93 Å². The zero-order chi connectivity index (χ0) is 16.4. The van der Waals surface area contributed by atoms with Crippen molar-refractivity contribution in [3.8, 4) is 10.4 Å². The monoisotopic (exact) mass is 342 g/mol.